The van der Waals surface area contributed by atoms with Crippen molar-refractivity contribution < 1.29 is 18.3 Å². The molecule has 5 rings (SSSR count). The van der Waals surface area contributed by atoms with E-state index in [2.05, 4.69) is 35.5 Å². The van der Waals surface area contributed by atoms with Gasteiger partial charge in [0, 0.05) is 66.8 Å². The number of alkyl halides is 3. The predicted molar refractivity (Wildman–Crippen MR) is 158 cm³/mol. The minimum Gasteiger partial charge on any atom is -0.369 e. The lowest BCUT2D eigenvalue weighted by atomic mass is 9.99. The van der Waals surface area contributed by atoms with Gasteiger partial charge in [-0.15, -0.1) is 12.4 Å². The number of hydrogen-bond acceptors (Lipinski definition) is 9. The molecule has 1 aliphatic rings. The van der Waals surface area contributed by atoms with Crippen molar-refractivity contribution in [3.63, 3.8) is 0 Å². The molecule has 1 aliphatic heterocycles. The van der Waals surface area contributed by atoms with Crippen LogP contribution >= 0.6 is 12.4 Å². The van der Waals surface area contributed by atoms with Gasteiger partial charge in [0.25, 0.3) is 0 Å². The predicted octanol–water partition coefficient (Wildman–Crippen LogP) is 5.28. The van der Waals surface area contributed by atoms with Crippen molar-refractivity contribution in [2.45, 2.75) is 31.9 Å². The number of aliphatic hydroxyl groups excluding tert-OH is 1. The maximum absolute atomic E-state index is 14.0. The van der Waals surface area contributed by atoms with Crippen molar-refractivity contribution in [2.75, 3.05) is 37.8 Å². The molecule has 1 fully saturated rings. The molecule has 0 saturated carbocycles. The lowest BCUT2D eigenvalue weighted by molar-refractivity contribution is -0.138. The van der Waals surface area contributed by atoms with Crippen molar-refractivity contribution in [3.05, 3.63) is 89.6 Å². The van der Waals surface area contributed by atoms with E-state index in [0.29, 0.717) is 29.1 Å². The molecular weight excluding hydrogens is 569 g/mol. The molecular formula is C29H32ClF3N8O. The quantitative estimate of drug-likeness (QED) is 0.222. The molecule has 2 aromatic heterocycles. The number of aliphatic hydroxyl groups is 1. The van der Waals surface area contributed by atoms with Crippen LogP contribution in [0.1, 0.15) is 28.5 Å². The molecule has 42 heavy (non-hydrogen) atoms. The molecule has 0 radical (unpaired) electrons. The van der Waals surface area contributed by atoms with Gasteiger partial charge in [0.2, 0.25) is 5.95 Å². The van der Waals surface area contributed by atoms with E-state index >= 15 is 0 Å². The molecule has 13 heteroatoms. The third-order valence-electron chi connectivity index (χ3n) is 7.12. The first-order chi connectivity index (χ1) is 19.6. The van der Waals surface area contributed by atoms with Crippen LogP contribution in [-0.4, -0.2) is 68.1 Å². The Bertz CT molecular complexity index is 1500. The highest BCUT2D eigenvalue weighted by Gasteiger charge is 2.36. The van der Waals surface area contributed by atoms with Crippen LogP contribution < -0.4 is 10.6 Å². The first-order valence-electron chi connectivity index (χ1n) is 13.1. The molecule has 4 aromatic rings. The number of anilines is 3. The summed E-state index contributed by atoms with van der Waals surface area (Å²) in [7, 11) is 3.93. The Labute approximate surface area is 248 Å². The molecule has 0 aliphatic carbocycles. The number of hydrogen-bond donors (Lipinski definition) is 3. The first kappa shape index (κ1) is 31.1. The molecule has 3 heterocycles. The van der Waals surface area contributed by atoms with E-state index in [-0.39, 0.29) is 30.1 Å². The maximum Gasteiger partial charge on any atom is 0.416 e. The summed E-state index contributed by atoms with van der Waals surface area (Å²) < 4.78 is 41.9. The Hall–Kier alpha value is -3.84. The third-order valence-corrected chi connectivity index (χ3v) is 7.12. The second-order valence-corrected chi connectivity index (χ2v) is 10.3. The number of halogens is 4. The highest BCUT2D eigenvalue weighted by molar-refractivity contribution is 5.85. The summed E-state index contributed by atoms with van der Waals surface area (Å²) in [5, 5.41) is 16.9. The van der Waals surface area contributed by atoms with Gasteiger partial charge >= 0.3 is 6.18 Å². The molecule has 2 aromatic carbocycles. The van der Waals surface area contributed by atoms with Crippen LogP contribution in [0.25, 0.3) is 11.3 Å². The minimum absolute atomic E-state index is 0. The molecule has 1 atom stereocenters. The van der Waals surface area contributed by atoms with Crippen molar-refractivity contribution in [2.24, 2.45) is 0 Å². The number of aromatic nitrogens is 4. The minimum atomic E-state index is -4.54. The fraction of sp³-hybridized carbons (Fsp3) is 0.310. The van der Waals surface area contributed by atoms with Crippen LogP contribution in [0.15, 0.2) is 67.4 Å². The monoisotopic (exact) mass is 600 g/mol. The van der Waals surface area contributed by atoms with E-state index in [9.17, 15) is 18.3 Å². The highest BCUT2D eigenvalue weighted by atomic mass is 35.5. The number of nitrogens with one attached hydrogen (secondary N) is 2. The molecule has 0 bridgehead atoms. The average Bonchev–Trinajstić information content (AvgIpc) is 2.92. The summed E-state index contributed by atoms with van der Waals surface area (Å²) in [6.07, 6.45) is 0.450. The number of benzene rings is 2. The number of likely N-dealkylation sites (tertiary alicyclic amines) is 1. The van der Waals surface area contributed by atoms with Crippen molar-refractivity contribution in [1.29, 1.82) is 0 Å². The Morgan fingerprint density at radius 1 is 1.07 bits per heavy atom. The zero-order valence-electron chi connectivity index (χ0n) is 23.3. The Morgan fingerprint density at radius 2 is 1.81 bits per heavy atom. The molecule has 0 spiro atoms. The van der Waals surface area contributed by atoms with Gasteiger partial charge in [-0.2, -0.15) is 13.2 Å². The van der Waals surface area contributed by atoms with E-state index < -0.39 is 18.0 Å². The highest BCUT2D eigenvalue weighted by Crippen LogP contribution is 2.35. The second-order valence-electron chi connectivity index (χ2n) is 10.3. The van der Waals surface area contributed by atoms with Crippen LogP contribution in [0, 0.1) is 6.92 Å². The largest absolute Gasteiger partial charge is 0.416 e. The van der Waals surface area contributed by atoms with Gasteiger partial charge in [0.15, 0.2) is 6.23 Å². The van der Waals surface area contributed by atoms with Gasteiger partial charge in [-0.25, -0.2) is 19.9 Å². The van der Waals surface area contributed by atoms with Gasteiger partial charge in [-0.1, -0.05) is 18.2 Å². The molecule has 222 valence electrons. The number of aryl methyl sites for hydroxylation is 1. The Kier molecular flexibility index (Phi) is 9.62. The van der Waals surface area contributed by atoms with E-state index in [1.807, 2.05) is 32.0 Å². The van der Waals surface area contributed by atoms with Crippen molar-refractivity contribution >= 4 is 29.7 Å². The van der Waals surface area contributed by atoms with E-state index in [1.54, 1.807) is 36.8 Å². The first-order valence-corrected chi connectivity index (χ1v) is 13.1. The fourth-order valence-corrected chi connectivity index (χ4v) is 4.62. The Morgan fingerprint density at radius 3 is 2.50 bits per heavy atom. The van der Waals surface area contributed by atoms with E-state index in [4.69, 9.17) is 0 Å². The smallest absolute Gasteiger partial charge is 0.369 e. The van der Waals surface area contributed by atoms with Gasteiger partial charge in [0.1, 0.15) is 6.33 Å². The molecule has 9 nitrogen and oxygen atoms in total. The standard InChI is InChI=1S/C29H31F3N8O.ClH/c1-18-4-7-22(11-26(18)38-28-35-9-8-25(37-28)21-12-33-17-34-13-21)36-27(41)19-5-6-20(24(10-19)29(30,31)32)14-40-15-23(16-40)39(2)3;/h4-13,17,23,27,36,41H,14-16H2,1-3H3,(H,35,37,38);1H. The van der Waals surface area contributed by atoms with E-state index in [1.165, 1.54) is 18.5 Å². The normalized spacial score (nSPS) is 14.7. The molecule has 1 saturated heterocycles. The van der Waals surface area contributed by atoms with Crippen LogP contribution in [0.2, 0.25) is 0 Å². The summed E-state index contributed by atoms with van der Waals surface area (Å²) in [5.74, 6) is 0.344. The van der Waals surface area contributed by atoms with Crippen LogP contribution in [0.3, 0.4) is 0 Å². The van der Waals surface area contributed by atoms with Crippen molar-refractivity contribution in [1.82, 2.24) is 29.7 Å². The molecule has 0 amide bonds. The van der Waals surface area contributed by atoms with Gasteiger partial charge < -0.3 is 20.6 Å². The summed E-state index contributed by atoms with van der Waals surface area (Å²) in [4.78, 5) is 20.9. The van der Waals surface area contributed by atoms with Gasteiger partial charge in [-0.05, 0) is 56.4 Å². The lowest BCUT2D eigenvalue weighted by Crippen LogP contribution is -2.56. The van der Waals surface area contributed by atoms with Gasteiger partial charge in [0.05, 0.1) is 11.3 Å². The molecule has 3 N–H and O–H groups in total. The summed E-state index contributed by atoms with van der Waals surface area (Å²) in [6, 6.07) is 11.4. The molecule has 1 unspecified atom stereocenters. The average molecular weight is 601 g/mol. The summed E-state index contributed by atoms with van der Waals surface area (Å²) in [6.45, 7) is 3.53. The van der Waals surface area contributed by atoms with Crippen LogP contribution in [0.5, 0.6) is 0 Å². The van der Waals surface area contributed by atoms with E-state index in [0.717, 1.165) is 30.3 Å². The van der Waals surface area contributed by atoms with Gasteiger partial charge in [-0.3, -0.25) is 4.90 Å². The fourth-order valence-electron chi connectivity index (χ4n) is 4.62. The maximum atomic E-state index is 14.0. The van der Waals surface area contributed by atoms with Crippen molar-refractivity contribution in [3.8, 4) is 11.3 Å². The number of nitrogens with zero attached hydrogens (tertiary/aromatic N) is 6. The number of likely N-dealkylation sites (N-methyl/N-ethyl adjacent to an activating group) is 1. The SMILES string of the molecule is Cc1ccc(NC(O)c2ccc(CN3CC(N(C)C)C3)c(C(F)(F)F)c2)cc1Nc1nccc(-c2cncnc2)n1.Cl. The third kappa shape index (κ3) is 7.32. The van der Waals surface area contributed by atoms with Crippen LogP contribution in [0.4, 0.5) is 30.5 Å². The summed E-state index contributed by atoms with van der Waals surface area (Å²) >= 11 is 0. The topological polar surface area (TPSA) is 102 Å². The zero-order chi connectivity index (χ0) is 29.1. The number of rotatable bonds is 9. The van der Waals surface area contributed by atoms with Crippen LogP contribution in [-0.2, 0) is 12.7 Å². The lowest BCUT2D eigenvalue weighted by Gasteiger charge is -2.43. The second kappa shape index (κ2) is 13.0. The Balaban J connectivity index is 0.00000405. The summed E-state index contributed by atoms with van der Waals surface area (Å²) in [5.41, 5.74) is 3.00. The zero-order valence-corrected chi connectivity index (χ0v) is 24.1.